The fourth-order valence-corrected chi connectivity index (χ4v) is 5.30. The summed E-state index contributed by atoms with van der Waals surface area (Å²) in [7, 11) is 0. The van der Waals surface area contributed by atoms with Crippen LogP contribution in [0.5, 0.6) is 0 Å². The van der Waals surface area contributed by atoms with Crippen molar-refractivity contribution in [1.29, 1.82) is 0 Å². The number of hydrogen-bond donors (Lipinski definition) is 0. The highest BCUT2D eigenvalue weighted by Crippen LogP contribution is 2.42. The second-order valence-electron chi connectivity index (χ2n) is 7.07. The van der Waals surface area contributed by atoms with Gasteiger partial charge in [-0.15, -0.1) is 11.3 Å². The Kier molecular flexibility index (Phi) is 3.28. The second-order valence-corrected chi connectivity index (χ2v) is 8.12. The van der Waals surface area contributed by atoms with E-state index in [1.165, 1.54) is 31.3 Å². The first kappa shape index (κ1) is 15.7. The highest BCUT2D eigenvalue weighted by molar-refractivity contribution is 7.26. The van der Waals surface area contributed by atoms with E-state index in [9.17, 15) is 0 Å². The van der Waals surface area contributed by atoms with Gasteiger partial charge in [0.05, 0.1) is 21.3 Å². The van der Waals surface area contributed by atoms with Gasteiger partial charge >= 0.3 is 0 Å². The van der Waals surface area contributed by atoms with Gasteiger partial charge in [0.1, 0.15) is 0 Å². The Hall–Kier alpha value is -3.30. The number of rotatable bonds is 1. The third-order valence-corrected chi connectivity index (χ3v) is 6.55. The molecule has 3 heteroatoms. The van der Waals surface area contributed by atoms with Crippen LogP contribution >= 0.6 is 11.3 Å². The smallest absolute Gasteiger partial charge is 0.0928 e. The molecule has 0 aliphatic carbocycles. The lowest BCUT2D eigenvalue weighted by atomic mass is 9.95. The van der Waals surface area contributed by atoms with Gasteiger partial charge in [0.15, 0.2) is 0 Å². The predicted octanol–water partition coefficient (Wildman–Crippen LogP) is 7.13. The molecule has 3 aromatic heterocycles. The number of aryl methyl sites for hydroxylation is 1. The van der Waals surface area contributed by atoms with Crippen molar-refractivity contribution in [2.45, 2.75) is 6.92 Å². The summed E-state index contributed by atoms with van der Waals surface area (Å²) in [5.41, 5.74) is 6.61. The molecule has 0 unspecified atom stereocenters. The first-order chi connectivity index (χ1) is 13.8. The molecule has 0 spiro atoms. The summed E-state index contributed by atoms with van der Waals surface area (Å²) in [6.07, 6.45) is 0. The van der Waals surface area contributed by atoms with E-state index in [1.54, 1.807) is 11.3 Å². The summed E-state index contributed by atoms with van der Waals surface area (Å²) >= 11 is 1.79. The Morgan fingerprint density at radius 3 is 2.25 bits per heavy atom. The summed E-state index contributed by atoms with van der Waals surface area (Å²) < 4.78 is 2.43. The summed E-state index contributed by atoms with van der Waals surface area (Å²) in [5, 5.41) is 3.54. The fourth-order valence-electron chi connectivity index (χ4n) is 4.16. The van der Waals surface area contributed by atoms with Gasteiger partial charge in [-0.2, -0.15) is 0 Å². The van der Waals surface area contributed by atoms with Crippen molar-refractivity contribution in [1.82, 2.24) is 9.97 Å². The minimum atomic E-state index is 1.03. The number of thiophene rings is 1. The maximum Gasteiger partial charge on any atom is 0.0928 e. The number of hydrogen-bond acceptors (Lipinski definition) is 3. The van der Waals surface area contributed by atoms with E-state index < -0.39 is 0 Å². The second kappa shape index (κ2) is 5.85. The van der Waals surface area contributed by atoms with Gasteiger partial charge in [0, 0.05) is 32.1 Å². The maximum atomic E-state index is 5.12. The molecule has 0 aliphatic rings. The third-order valence-electron chi connectivity index (χ3n) is 5.38. The summed E-state index contributed by atoms with van der Waals surface area (Å²) in [6, 6.07) is 27.5. The van der Waals surface area contributed by atoms with E-state index in [0.717, 1.165) is 27.6 Å². The molecule has 3 aromatic carbocycles. The number of aromatic nitrogens is 2. The molecule has 0 N–H and O–H groups in total. The van der Waals surface area contributed by atoms with Crippen molar-refractivity contribution in [3.05, 3.63) is 84.6 Å². The fraction of sp³-hybridized carbons (Fsp3) is 0.0400. The molecule has 6 aromatic rings. The number of para-hydroxylation sites is 1. The van der Waals surface area contributed by atoms with Crippen LogP contribution in [0, 0.1) is 6.92 Å². The first-order valence-corrected chi connectivity index (χ1v) is 10.2. The quantitative estimate of drug-likeness (QED) is 0.285. The molecular formula is C25H16N2S. The molecule has 132 valence electrons. The summed E-state index contributed by atoms with van der Waals surface area (Å²) in [4.78, 5) is 10.2. The number of benzene rings is 3. The molecule has 0 amide bonds. The van der Waals surface area contributed by atoms with Gasteiger partial charge in [-0.05, 0) is 24.6 Å². The highest BCUT2D eigenvalue weighted by Gasteiger charge is 2.18. The van der Waals surface area contributed by atoms with E-state index in [1.807, 2.05) is 0 Å². The Balaban J connectivity index is 1.91. The third kappa shape index (κ3) is 2.14. The van der Waals surface area contributed by atoms with Gasteiger partial charge in [0.2, 0.25) is 0 Å². The van der Waals surface area contributed by atoms with Crippen molar-refractivity contribution in [2.75, 3.05) is 0 Å². The molecule has 0 bridgehead atoms. The molecule has 0 aliphatic heterocycles. The van der Waals surface area contributed by atoms with Crippen LogP contribution in [-0.2, 0) is 0 Å². The van der Waals surface area contributed by atoms with Crippen molar-refractivity contribution in [3.63, 3.8) is 0 Å². The van der Waals surface area contributed by atoms with E-state index in [4.69, 9.17) is 9.97 Å². The zero-order valence-electron chi connectivity index (χ0n) is 15.3. The first-order valence-electron chi connectivity index (χ1n) is 9.37. The van der Waals surface area contributed by atoms with Crippen molar-refractivity contribution < 1.29 is 0 Å². The molecule has 0 radical (unpaired) electrons. The molecule has 3 heterocycles. The molecular weight excluding hydrogens is 360 g/mol. The van der Waals surface area contributed by atoms with Crippen LogP contribution in [0.25, 0.3) is 53.2 Å². The minimum absolute atomic E-state index is 1.03. The lowest BCUT2D eigenvalue weighted by Crippen LogP contribution is -1.94. The minimum Gasteiger partial charge on any atom is -0.251 e. The molecule has 0 fully saturated rings. The number of pyridine rings is 2. The molecule has 0 atom stereocenters. The Morgan fingerprint density at radius 2 is 1.39 bits per heavy atom. The van der Waals surface area contributed by atoms with E-state index in [2.05, 4.69) is 85.8 Å². The van der Waals surface area contributed by atoms with Crippen molar-refractivity contribution >= 4 is 53.4 Å². The van der Waals surface area contributed by atoms with E-state index in [-0.39, 0.29) is 0 Å². The van der Waals surface area contributed by atoms with Crippen molar-refractivity contribution in [2.24, 2.45) is 0 Å². The summed E-state index contributed by atoms with van der Waals surface area (Å²) in [5.74, 6) is 0. The largest absolute Gasteiger partial charge is 0.251 e. The molecule has 0 saturated carbocycles. The molecule has 0 saturated heterocycles. The van der Waals surface area contributed by atoms with Crippen LogP contribution in [-0.4, -0.2) is 9.97 Å². The Labute approximate surface area is 166 Å². The Morgan fingerprint density at radius 1 is 0.679 bits per heavy atom. The van der Waals surface area contributed by atoms with Gasteiger partial charge in [-0.1, -0.05) is 66.7 Å². The SMILES string of the molecule is Cc1nc2c3ccccc3sc2c2nc3ccccc3c(-c3ccccc3)c12. The Bertz CT molecular complexity index is 1510. The van der Waals surface area contributed by atoms with Crippen LogP contribution in [0.15, 0.2) is 78.9 Å². The van der Waals surface area contributed by atoms with Gasteiger partial charge in [-0.25, -0.2) is 4.98 Å². The average molecular weight is 376 g/mol. The molecule has 6 rings (SSSR count). The van der Waals surface area contributed by atoms with Gasteiger partial charge in [-0.3, -0.25) is 4.98 Å². The van der Waals surface area contributed by atoms with E-state index in [0.29, 0.717) is 0 Å². The molecule has 28 heavy (non-hydrogen) atoms. The van der Waals surface area contributed by atoms with Crippen LogP contribution in [0.2, 0.25) is 0 Å². The normalized spacial score (nSPS) is 11.8. The average Bonchev–Trinajstić information content (AvgIpc) is 3.12. The van der Waals surface area contributed by atoms with E-state index >= 15 is 0 Å². The summed E-state index contributed by atoms with van der Waals surface area (Å²) in [6.45, 7) is 2.11. The maximum absolute atomic E-state index is 5.12. The van der Waals surface area contributed by atoms with Crippen LogP contribution in [0.1, 0.15) is 5.69 Å². The monoisotopic (exact) mass is 376 g/mol. The lowest BCUT2D eigenvalue weighted by Gasteiger charge is -2.13. The highest BCUT2D eigenvalue weighted by atomic mass is 32.1. The molecule has 2 nitrogen and oxygen atoms in total. The standard InChI is InChI=1S/C25H16N2S/c1-15-21-22(16-9-3-2-4-10-16)17-11-5-7-13-19(17)27-24(21)25-23(26-15)18-12-6-8-14-20(18)28-25/h2-14H,1H3. The van der Waals surface area contributed by atoms with Crippen molar-refractivity contribution in [3.8, 4) is 11.1 Å². The van der Waals surface area contributed by atoms with Gasteiger partial charge < -0.3 is 0 Å². The topological polar surface area (TPSA) is 25.8 Å². The van der Waals surface area contributed by atoms with Crippen LogP contribution < -0.4 is 0 Å². The predicted molar refractivity (Wildman–Crippen MR) is 120 cm³/mol. The van der Waals surface area contributed by atoms with Crippen LogP contribution in [0.4, 0.5) is 0 Å². The van der Waals surface area contributed by atoms with Crippen LogP contribution in [0.3, 0.4) is 0 Å². The van der Waals surface area contributed by atoms with Gasteiger partial charge in [0.25, 0.3) is 0 Å². The lowest BCUT2D eigenvalue weighted by molar-refractivity contribution is 1.29. The zero-order valence-corrected chi connectivity index (χ0v) is 16.1. The number of fused-ring (bicyclic) bond motifs is 6. The number of nitrogens with zero attached hydrogens (tertiary/aromatic N) is 2. The zero-order chi connectivity index (χ0) is 18.7.